The molecule has 0 radical (unpaired) electrons. The number of hydrogen-bond donors (Lipinski definition) is 1. The number of halogens is 1. The van der Waals surface area contributed by atoms with Crippen LogP contribution in [0.4, 0.5) is 4.39 Å². The van der Waals surface area contributed by atoms with Gasteiger partial charge in [-0.3, -0.25) is 4.79 Å². The Morgan fingerprint density at radius 3 is 2.48 bits per heavy atom. The minimum absolute atomic E-state index is 0.00407. The summed E-state index contributed by atoms with van der Waals surface area (Å²) in [6.07, 6.45) is 0. The van der Waals surface area contributed by atoms with Crippen LogP contribution in [0.1, 0.15) is 11.5 Å². The maximum atomic E-state index is 12.8. The quantitative estimate of drug-likeness (QED) is 0.860. The van der Waals surface area contributed by atoms with Gasteiger partial charge < -0.3 is 14.6 Å². The second kappa shape index (κ2) is 6.74. The number of ether oxygens (including phenoxy) is 2. The van der Waals surface area contributed by atoms with E-state index in [1.54, 1.807) is 18.2 Å². The van der Waals surface area contributed by atoms with Crippen LogP contribution in [-0.4, -0.2) is 24.8 Å². The number of aromatic hydroxyl groups is 1. The highest BCUT2D eigenvalue weighted by Gasteiger charge is 2.25. The molecule has 2 aromatic carbocycles. The van der Waals surface area contributed by atoms with E-state index < -0.39 is 11.9 Å². The summed E-state index contributed by atoms with van der Waals surface area (Å²) in [6, 6.07) is 12.0. The number of carbonyl (C=O) groups excluding carboxylic acids is 1. The maximum Gasteiger partial charge on any atom is 0.316 e. The zero-order valence-corrected chi connectivity index (χ0v) is 11.5. The van der Waals surface area contributed by atoms with E-state index in [-0.39, 0.29) is 18.2 Å². The van der Waals surface area contributed by atoms with Crippen LogP contribution in [0, 0.1) is 5.82 Å². The Kier molecular flexibility index (Phi) is 4.77. The molecule has 0 spiro atoms. The van der Waals surface area contributed by atoms with Crippen molar-refractivity contribution in [2.24, 2.45) is 0 Å². The third-order valence-corrected chi connectivity index (χ3v) is 3.03. The lowest BCUT2D eigenvalue weighted by molar-refractivity contribution is -0.143. The topological polar surface area (TPSA) is 55.8 Å². The zero-order chi connectivity index (χ0) is 15.2. The van der Waals surface area contributed by atoms with E-state index in [2.05, 4.69) is 0 Å². The molecule has 0 aliphatic heterocycles. The first-order valence-electron chi connectivity index (χ1n) is 6.36. The SMILES string of the molecule is COC(=O)C(COc1ccc(F)cc1)c1ccccc1O. The van der Waals surface area contributed by atoms with Gasteiger partial charge in [0.15, 0.2) is 0 Å². The van der Waals surface area contributed by atoms with Gasteiger partial charge >= 0.3 is 5.97 Å². The highest BCUT2D eigenvalue weighted by molar-refractivity contribution is 5.79. The van der Waals surface area contributed by atoms with Gasteiger partial charge in [-0.15, -0.1) is 0 Å². The molecular weight excluding hydrogens is 275 g/mol. The molecule has 0 aliphatic rings. The monoisotopic (exact) mass is 290 g/mol. The number of carbonyl (C=O) groups is 1. The third kappa shape index (κ3) is 3.72. The number of phenols is 1. The van der Waals surface area contributed by atoms with Gasteiger partial charge in [-0.25, -0.2) is 4.39 Å². The Labute approximate surface area is 121 Å². The number of phenolic OH excluding ortho intramolecular Hbond substituents is 1. The van der Waals surface area contributed by atoms with Crippen LogP contribution in [-0.2, 0) is 9.53 Å². The molecule has 5 heteroatoms. The van der Waals surface area contributed by atoms with E-state index in [0.29, 0.717) is 11.3 Å². The smallest absolute Gasteiger partial charge is 0.316 e. The highest BCUT2D eigenvalue weighted by atomic mass is 19.1. The van der Waals surface area contributed by atoms with Crippen molar-refractivity contribution in [1.82, 2.24) is 0 Å². The number of methoxy groups -OCH3 is 1. The Balaban J connectivity index is 2.16. The van der Waals surface area contributed by atoms with Gasteiger partial charge in [0, 0.05) is 5.56 Å². The number of hydrogen-bond acceptors (Lipinski definition) is 4. The summed E-state index contributed by atoms with van der Waals surface area (Å²) < 4.78 is 23.0. The van der Waals surface area contributed by atoms with Crippen molar-refractivity contribution in [2.75, 3.05) is 13.7 Å². The van der Waals surface area contributed by atoms with E-state index in [1.807, 2.05) is 0 Å². The number of para-hydroxylation sites is 1. The predicted octanol–water partition coefficient (Wildman–Crippen LogP) is 2.87. The lowest BCUT2D eigenvalue weighted by Gasteiger charge is -2.17. The fraction of sp³-hybridized carbons (Fsp3) is 0.188. The first-order chi connectivity index (χ1) is 10.1. The largest absolute Gasteiger partial charge is 0.508 e. The van der Waals surface area contributed by atoms with Crippen molar-refractivity contribution in [3.63, 3.8) is 0 Å². The Morgan fingerprint density at radius 1 is 1.19 bits per heavy atom. The first kappa shape index (κ1) is 14.8. The summed E-state index contributed by atoms with van der Waals surface area (Å²) in [5.41, 5.74) is 0.423. The van der Waals surface area contributed by atoms with Gasteiger partial charge in [-0.05, 0) is 30.3 Å². The molecule has 2 rings (SSSR count). The minimum atomic E-state index is -0.763. The Morgan fingerprint density at radius 2 is 1.86 bits per heavy atom. The van der Waals surface area contributed by atoms with Crippen LogP contribution in [0.25, 0.3) is 0 Å². The van der Waals surface area contributed by atoms with E-state index in [4.69, 9.17) is 9.47 Å². The molecule has 0 aliphatic carbocycles. The average Bonchev–Trinajstić information content (AvgIpc) is 2.50. The molecule has 0 saturated heterocycles. The molecule has 0 amide bonds. The van der Waals surface area contributed by atoms with Crippen LogP contribution in [0.15, 0.2) is 48.5 Å². The van der Waals surface area contributed by atoms with Crippen molar-refractivity contribution in [2.45, 2.75) is 5.92 Å². The van der Waals surface area contributed by atoms with E-state index >= 15 is 0 Å². The molecule has 1 atom stereocenters. The van der Waals surface area contributed by atoms with Crippen molar-refractivity contribution in [1.29, 1.82) is 0 Å². The molecule has 0 aromatic heterocycles. The molecule has 2 aromatic rings. The zero-order valence-electron chi connectivity index (χ0n) is 11.5. The van der Waals surface area contributed by atoms with Crippen LogP contribution >= 0.6 is 0 Å². The molecule has 1 N–H and O–H groups in total. The molecule has 1 unspecified atom stereocenters. The summed E-state index contributed by atoms with van der Waals surface area (Å²) in [7, 11) is 1.27. The number of esters is 1. The lowest BCUT2D eigenvalue weighted by atomic mass is 9.99. The van der Waals surface area contributed by atoms with E-state index in [0.717, 1.165) is 0 Å². The third-order valence-electron chi connectivity index (χ3n) is 3.03. The summed E-state index contributed by atoms with van der Waals surface area (Å²) in [6.45, 7) is -0.0180. The van der Waals surface area contributed by atoms with Crippen molar-refractivity contribution >= 4 is 5.97 Å². The molecule has 21 heavy (non-hydrogen) atoms. The van der Waals surface area contributed by atoms with Gasteiger partial charge in [-0.1, -0.05) is 18.2 Å². The molecule has 0 saturated carbocycles. The van der Waals surface area contributed by atoms with Crippen LogP contribution in [0.3, 0.4) is 0 Å². The first-order valence-corrected chi connectivity index (χ1v) is 6.36. The van der Waals surface area contributed by atoms with Crippen molar-refractivity contribution in [3.05, 3.63) is 59.9 Å². The summed E-state index contributed by atoms with van der Waals surface area (Å²) >= 11 is 0. The summed E-state index contributed by atoms with van der Waals surface area (Å²) in [4.78, 5) is 11.9. The van der Waals surface area contributed by atoms with Crippen molar-refractivity contribution < 1.29 is 23.8 Å². The molecule has 0 bridgehead atoms. The normalized spacial score (nSPS) is 11.7. The van der Waals surface area contributed by atoms with Crippen LogP contribution < -0.4 is 4.74 Å². The van der Waals surface area contributed by atoms with Gasteiger partial charge in [0.1, 0.15) is 29.8 Å². The maximum absolute atomic E-state index is 12.8. The van der Waals surface area contributed by atoms with E-state index in [1.165, 1.54) is 37.4 Å². The summed E-state index contributed by atoms with van der Waals surface area (Å²) in [5.74, 6) is -1.22. The lowest BCUT2D eigenvalue weighted by Crippen LogP contribution is -2.21. The number of rotatable bonds is 5. The molecular formula is C16H15FO4. The van der Waals surface area contributed by atoms with Gasteiger partial charge in [0.2, 0.25) is 0 Å². The standard InChI is InChI=1S/C16H15FO4/c1-20-16(19)14(13-4-2-3-5-15(13)18)10-21-12-8-6-11(17)7-9-12/h2-9,14,18H,10H2,1H3. The van der Waals surface area contributed by atoms with Gasteiger partial charge in [-0.2, -0.15) is 0 Å². The Bertz CT molecular complexity index is 610. The van der Waals surface area contributed by atoms with Crippen LogP contribution in [0.2, 0.25) is 0 Å². The minimum Gasteiger partial charge on any atom is -0.508 e. The highest BCUT2D eigenvalue weighted by Crippen LogP contribution is 2.27. The van der Waals surface area contributed by atoms with Crippen molar-refractivity contribution in [3.8, 4) is 11.5 Å². The fourth-order valence-electron chi connectivity index (χ4n) is 1.92. The van der Waals surface area contributed by atoms with E-state index in [9.17, 15) is 14.3 Å². The molecule has 0 fully saturated rings. The number of benzene rings is 2. The molecule has 110 valence electrons. The second-order valence-corrected chi connectivity index (χ2v) is 4.40. The van der Waals surface area contributed by atoms with Gasteiger partial charge in [0.05, 0.1) is 7.11 Å². The summed E-state index contributed by atoms with van der Waals surface area (Å²) in [5, 5.41) is 9.85. The predicted molar refractivity (Wildman–Crippen MR) is 74.8 cm³/mol. The van der Waals surface area contributed by atoms with Gasteiger partial charge in [0.25, 0.3) is 0 Å². The average molecular weight is 290 g/mol. The second-order valence-electron chi connectivity index (χ2n) is 4.40. The van der Waals surface area contributed by atoms with Crippen LogP contribution in [0.5, 0.6) is 11.5 Å². The Hall–Kier alpha value is -2.56. The fourth-order valence-corrected chi connectivity index (χ4v) is 1.92. The molecule has 0 heterocycles. The molecule has 4 nitrogen and oxygen atoms in total.